The third-order valence-electron chi connectivity index (χ3n) is 1.39. The first-order valence-electron chi connectivity index (χ1n) is 3.09. The van der Waals surface area contributed by atoms with Crippen molar-refractivity contribution >= 4 is 19.3 Å². The molecule has 0 amide bonds. The molecule has 0 saturated carbocycles. The molecule has 0 unspecified atom stereocenters. The van der Waals surface area contributed by atoms with E-state index in [1.54, 1.807) is 18.2 Å². The molecule has 0 N–H and O–H groups in total. The summed E-state index contributed by atoms with van der Waals surface area (Å²) >= 11 is 0. The molecule has 0 bridgehead atoms. The molecule has 0 spiro atoms. The molecule has 2 aromatic rings. The molecule has 0 saturated heterocycles. The first-order chi connectivity index (χ1) is 5.38. The molecule has 1 aromatic carbocycles. The zero-order valence-electron chi connectivity index (χ0n) is 5.52. The highest BCUT2D eigenvalue weighted by Crippen LogP contribution is 2.08. The zero-order chi connectivity index (χ0) is 7.68. The highest BCUT2D eigenvalue weighted by molar-refractivity contribution is 7.24. The van der Waals surface area contributed by atoms with Gasteiger partial charge < -0.3 is 4.52 Å². The molecule has 1 heterocycles. The van der Waals surface area contributed by atoms with Crippen molar-refractivity contribution in [3.8, 4) is 0 Å². The Morgan fingerprint density at radius 2 is 2.18 bits per heavy atom. The van der Waals surface area contributed by atoms with Gasteiger partial charge in [-0.15, -0.1) is 0 Å². The van der Waals surface area contributed by atoms with Gasteiger partial charge >= 0.3 is 0 Å². The minimum atomic E-state index is -0.00755. The Morgan fingerprint density at radius 1 is 1.36 bits per heavy atom. The number of hydrogen-bond acceptors (Lipinski definition) is 3. The van der Waals surface area contributed by atoms with E-state index in [1.807, 2.05) is 6.07 Å². The number of benzene rings is 1. The van der Waals surface area contributed by atoms with Gasteiger partial charge in [0.25, 0.3) is 0 Å². The highest BCUT2D eigenvalue weighted by atomic mass is 31.0. The molecule has 0 fully saturated rings. The summed E-state index contributed by atoms with van der Waals surface area (Å²) in [5.41, 5.74) is 0.552. The summed E-state index contributed by atoms with van der Waals surface area (Å²) in [4.78, 5) is 14.6. The fraction of sp³-hybridized carbons (Fsp3) is 0. The molecule has 0 aliphatic carbocycles. The van der Waals surface area contributed by atoms with Crippen LogP contribution in [0.2, 0.25) is 0 Å². The maximum Gasteiger partial charge on any atom is 0.237 e. The predicted molar refractivity (Wildman–Crippen MR) is 42.8 cm³/mol. The maximum atomic E-state index is 11.1. The molecule has 4 heteroatoms. The van der Waals surface area contributed by atoms with Crippen LogP contribution in [0.15, 0.2) is 33.6 Å². The average Bonchev–Trinajstić information content (AvgIpc) is 2.06. The van der Waals surface area contributed by atoms with Gasteiger partial charge in [-0.25, -0.2) is 0 Å². The second-order valence-electron chi connectivity index (χ2n) is 2.07. The van der Waals surface area contributed by atoms with Crippen molar-refractivity contribution in [1.82, 2.24) is 4.92 Å². The van der Waals surface area contributed by atoms with Crippen LogP contribution in [-0.2, 0) is 0 Å². The Balaban J connectivity index is 3.03. The number of aromatic nitrogens is 1. The van der Waals surface area contributed by atoms with Crippen molar-refractivity contribution in [3.05, 3.63) is 34.2 Å². The van der Waals surface area contributed by atoms with Crippen LogP contribution in [0.25, 0.3) is 11.0 Å². The predicted octanol–water partition coefficient (Wildman–Crippen LogP) is 1.77. The van der Waals surface area contributed by atoms with Crippen LogP contribution >= 0.6 is 8.35 Å². The Kier molecular flexibility index (Phi) is 1.44. The van der Waals surface area contributed by atoms with Gasteiger partial charge in [-0.3, -0.25) is 4.79 Å². The zero-order valence-corrected chi connectivity index (χ0v) is 6.41. The van der Waals surface area contributed by atoms with Gasteiger partial charge in [-0.05, 0) is 12.1 Å². The van der Waals surface area contributed by atoms with Crippen LogP contribution in [0.3, 0.4) is 0 Å². The molecular weight excluding hydrogens is 161 g/mol. The quantitative estimate of drug-likeness (QED) is 0.597. The molecule has 2 rings (SSSR count). The first-order valence-corrected chi connectivity index (χ1v) is 3.94. The number of rotatable bonds is 0. The fourth-order valence-electron chi connectivity index (χ4n) is 0.878. The molecule has 0 aliphatic rings. The maximum absolute atomic E-state index is 11.1. The third kappa shape index (κ3) is 1.03. The summed E-state index contributed by atoms with van der Waals surface area (Å²) < 4.78 is 4.89. The lowest BCUT2D eigenvalue weighted by Gasteiger charge is -1.88. The Bertz CT molecular complexity index is 432. The van der Waals surface area contributed by atoms with Crippen LogP contribution in [0.5, 0.6) is 0 Å². The molecule has 54 valence electrons. The van der Waals surface area contributed by atoms with E-state index in [0.717, 1.165) is 0 Å². The number of hydrogen-bond donors (Lipinski definition) is 0. The normalized spacial score (nSPS) is 10.9. The molecule has 3 nitrogen and oxygen atoms in total. The smallest absolute Gasteiger partial charge is 0.237 e. The molecule has 0 radical (unpaired) electrons. The van der Waals surface area contributed by atoms with E-state index < -0.39 is 0 Å². The van der Waals surface area contributed by atoms with Crippen LogP contribution in [0, 0.1) is 0 Å². The van der Waals surface area contributed by atoms with Crippen molar-refractivity contribution in [3.63, 3.8) is 0 Å². The summed E-state index contributed by atoms with van der Waals surface area (Å²) in [6, 6.07) is 7.08. The number of para-hydroxylation sites is 1. The highest BCUT2D eigenvalue weighted by Gasteiger charge is 1.97. The first kappa shape index (κ1) is 6.50. The van der Waals surface area contributed by atoms with Crippen LogP contribution in [-0.4, -0.2) is 4.92 Å². The Morgan fingerprint density at radius 3 is 3.00 bits per heavy atom. The van der Waals surface area contributed by atoms with Crippen molar-refractivity contribution in [1.29, 1.82) is 0 Å². The Labute approximate surface area is 63.8 Å². The summed E-state index contributed by atoms with van der Waals surface area (Å²) in [5, 5.41) is 0.607. The average molecular weight is 165 g/mol. The molecule has 1 aromatic heterocycles. The van der Waals surface area contributed by atoms with Crippen molar-refractivity contribution in [2.75, 3.05) is 0 Å². The van der Waals surface area contributed by atoms with Gasteiger partial charge in [0, 0.05) is 0 Å². The largest absolute Gasteiger partial charge is 0.352 e. The van der Waals surface area contributed by atoms with Crippen molar-refractivity contribution in [2.24, 2.45) is 0 Å². The molecule has 11 heavy (non-hydrogen) atoms. The van der Waals surface area contributed by atoms with Crippen LogP contribution in [0.4, 0.5) is 0 Å². The molecule has 0 atom stereocenters. The van der Waals surface area contributed by atoms with E-state index in [0.29, 0.717) is 19.3 Å². The van der Waals surface area contributed by atoms with Gasteiger partial charge in [0.15, 0.2) is 5.58 Å². The standard InChI is InChI=1S/C7H4NO2P/c9-7-5-3-1-2-4-6(5)10-8-11-7/h1-4H. The van der Waals surface area contributed by atoms with Gasteiger partial charge in [-0.2, -0.15) is 0 Å². The molecule has 0 aliphatic heterocycles. The number of fused-ring (bicyclic) bond motifs is 1. The van der Waals surface area contributed by atoms with Crippen LogP contribution in [0.1, 0.15) is 0 Å². The second kappa shape index (κ2) is 2.44. The second-order valence-corrected chi connectivity index (χ2v) is 2.84. The fourth-order valence-corrected chi connectivity index (χ4v) is 1.37. The van der Waals surface area contributed by atoms with E-state index in [9.17, 15) is 4.79 Å². The van der Waals surface area contributed by atoms with Gasteiger partial charge in [0.1, 0.15) is 8.35 Å². The third-order valence-corrected chi connectivity index (χ3v) is 1.97. The summed E-state index contributed by atoms with van der Waals surface area (Å²) in [5.74, 6) is 0. The minimum Gasteiger partial charge on any atom is -0.352 e. The van der Waals surface area contributed by atoms with Gasteiger partial charge in [0.2, 0.25) is 5.16 Å². The summed E-state index contributed by atoms with van der Waals surface area (Å²) in [7, 11) is 0.365. The van der Waals surface area contributed by atoms with E-state index in [-0.39, 0.29) is 5.16 Å². The van der Waals surface area contributed by atoms with Crippen molar-refractivity contribution < 1.29 is 4.52 Å². The summed E-state index contributed by atoms with van der Waals surface area (Å²) in [6.45, 7) is 0. The van der Waals surface area contributed by atoms with Gasteiger partial charge in [-0.1, -0.05) is 17.1 Å². The molecular formula is C7H4NO2P. The SMILES string of the molecule is O=c1pnoc2ccccc12. The van der Waals surface area contributed by atoms with E-state index >= 15 is 0 Å². The van der Waals surface area contributed by atoms with Gasteiger partial charge in [0.05, 0.1) is 5.39 Å². The lowest BCUT2D eigenvalue weighted by atomic mass is 10.3. The van der Waals surface area contributed by atoms with E-state index in [2.05, 4.69) is 4.92 Å². The Hall–Kier alpha value is -1.21. The lowest BCUT2D eigenvalue weighted by Crippen LogP contribution is -1.92. The minimum absolute atomic E-state index is 0.00755. The topological polar surface area (TPSA) is 43.1 Å². The lowest BCUT2D eigenvalue weighted by molar-refractivity contribution is 0.472. The van der Waals surface area contributed by atoms with E-state index in [1.165, 1.54) is 0 Å². The monoisotopic (exact) mass is 165 g/mol. The number of nitrogens with zero attached hydrogens (tertiary/aromatic N) is 1. The van der Waals surface area contributed by atoms with E-state index in [4.69, 9.17) is 4.52 Å². The summed E-state index contributed by atoms with van der Waals surface area (Å²) in [6.07, 6.45) is 0. The van der Waals surface area contributed by atoms with Crippen molar-refractivity contribution in [2.45, 2.75) is 0 Å². The van der Waals surface area contributed by atoms with Crippen LogP contribution < -0.4 is 5.16 Å².